The number of ether oxygens (including phenoxy) is 3. The maximum atomic E-state index is 12.8. The van der Waals surface area contributed by atoms with Gasteiger partial charge in [-0.25, -0.2) is 0 Å². The van der Waals surface area contributed by atoms with Crippen LogP contribution in [0.2, 0.25) is 0 Å². The van der Waals surface area contributed by atoms with E-state index in [4.69, 9.17) is 14.2 Å². The monoisotopic (exact) mass is 893 g/mol. The van der Waals surface area contributed by atoms with Gasteiger partial charge in [0.1, 0.15) is 6.61 Å². The predicted octanol–water partition coefficient (Wildman–Crippen LogP) is 18.7. The summed E-state index contributed by atoms with van der Waals surface area (Å²) in [5, 5.41) is 0. The molecule has 0 aliphatic heterocycles. The maximum Gasteiger partial charge on any atom is 0.306 e. The molecule has 0 aliphatic rings. The molecule has 64 heavy (non-hydrogen) atoms. The van der Waals surface area contributed by atoms with E-state index in [9.17, 15) is 9.59 Å². The summed E-state index contributed by atoms with van der Waals surface area (Å²) in [6, 6.07) is 0. The highest BCUT2D eigenvalue weighted by Crippen LogP contribution is 2.16. The van der Waals surface area contributed by atoms with Gasteiger partial charge in [-0.05, 0) is 83.5 Å². The van der Waals surface area contributed by atoms with Gasteiger partial charge in [-0.2, -0.15) is 0 Å². The first-order valence-electron chi connectivity index (χ1n) is 27.5. The number of carbonyl (C=O) groups excluding carboxylic acids is 2. The molecule has 5 nitrogen and oxygen atoms in total. The molecule has 1 unspecified atom stereocenters. The van der Waals surface area contributed by atoms with Gasteiger partial charge in [-0.3, -0.25) is 9.59 Å². The lowest BCUT2D eigenvalue weighted by atomic mass is 10.0. The number of hydrogen-bond donors (Lipinski definition) is 0. The van der Waals surface area contributed by atoms with Crippen LogP contribution in [-0.4, -0.2) is 37.9 Å². The van der Waals surface area contributed by atoms with Crippen LogP contribution in [0.4, 0.5) is 0 Å². The van der Waals surface area contributed by atoms with Crippen LogP contribution in [0.15, 0.2) is 72.9 Å². The summed E-state index contributed by atoms with van der Waals surface area (Å²) >= 11 is 0. The summed E-state index contributed by atoms with van der Waals surface area (Å²) in [4.78, 5) is 25.5. The van der Waals surface area contributed by atoms with Crippen LogP contribution in [0, 0.1) is 0 Å². The van der Waals surface area contributed by atoms with E-state index in [0.29, 0.717) is 19.4 Å². The van der Waals surface area contributed by atoms with Crippen molar-refractivity contribution in [1.82, 2.24) is 0 Å². The Kier molecular flexibility index (Phi) is 52.4. The van der Waals surface area contributed by atoms with Crippen LogP contribution in [0.25, 0.3) is 0 Å². The highest BCUT2D eigenvalue weighted by Gasteiger charge is 2.17. The first-order valence-corrected chi connectivity index (χ1v) is 27.5. The fraction of sp³-hybridized carbons (Fsp3) is 0.763. The van der Waals surface area contributed by atoms with Crippen molar-refractivity contribution in [2.75, 3.05) is 19.8 Å². The Balaban J connectivity index is 4.27. The molecule has 0 heterocycles. The zero-order valence-electron chi connectivity index (χ0n) is 42.5. The second kappa shape index (κ2) is 54.7. The molecule has 0 amide bonds. The molecule has 0 N–H and O–H groups in total. The standard InChI is InChI=1S/C59H104O5/c1-4-7-10-13-16-19-22-25-28-29-30-31-33-34-37-40-43-46-49-52-58(60)63-56-57(55-62-54-51-48-45-42-39-36-27-24-21-18-15-12-9-6-3)64-59(61)53-50-47-44-41-38-35-32-26-23-20-17-14-11-8-5-2/h8-9,11-12,17-18,20-21,26-27,32,36,57H,4-7,10,13-16,19,22-25,28-31,33-35,37-56H2,1-3H3/b11-8-,12-9-,20-17-,21-18-,32-26-,36-27-. The average molecular weight is 893 g/mol. The minimum atomic E-state index is -0.558. The molecule has 0 aromatic rings. The normalized spacial score (nSPS) is 12.7. The third-order valence-electron chi connectivity index (χ3n) is 11.7. The van der Waals surface area contributed by atoms with E-state index in [1.165, 1.54) is 135 Å². The summed E-state index contributed by atoms with van der Waals surface area (Å²) < 4.78 is 17.4. The van der Waals surface area contributed by atoms with Gasteiger partial charge in [0.25, 0.3) is 0 Å². The van der Waals surface area contributed by atoms with Gasteiger partial charge < -0.3 is 14.2 Å². The van der Waals surface area contributed by atoms with Crippen molar-refractivity contribution in [2.45, 2.75) is 271 Å². The van der Waals surface area contributed by atoms with Crippen molar-refractivity contribution in [2.24, 2.45) is 0 Å². The molecule has 0 spiro atoms. The Hall–Kier alpha value is -2.66. The highest BCUT2D eigenvalue weighted by atomic mass is 16.6. The van der Waals surface area contributed by atoms with E-state index in [2.05, 4.69) is 93.7 Å². The number of unbranched alkanes of at least 4 members (excludes halogenated alkanes) is 27. The van der Waals surface area contributed by atoms with Crippen molar-refractivity contribution in [3.63, 3.8) is 0 Å². The number of carbonyl (C=O) groups is 2. The van der Waals surface area contributed by atoms with E-state index in [0.717, 1.165) is 96.3 Å². The largest absolute Gasteiger partial charge is 0.462 e. The molecule has 0 radical (unpaired) electrons. The summed E-state index contributed by atoms with van der Waals surface area (Å²) in [5.74, 6) is -0.421. The predicted molar refractivity (Wildman–Crippen MR) is 279 cm³/mol. The third kappa shape index (κ3) is 52.0. The van der Waals surface area contributed by atoms with Crippen molar-refractivity contribution in [3.05, 3.63) is 72.9 Å². The lowest BCUT2D eigenvalue weighted by Gasteiger charge is -2.18. The van der Waals surface area contributed by atoms with E-state index < -0.39 is 6.10 Å². The maximum absolute atomic E-state index is 12.8. The Bertz CT molecular complexity index is 1150. The average Bonchev–Trinajstić information content (AvgIpc) is 3.30. The van der Waals surface area contributed by atoms with Crippen LogP contribution in [0.5, 0.6) is 0 Å². The molecular formula is C59H104O5. The molecule has 1 atom stereocenters. The Morgan fingerprint density at radius 3 is 1.12 bits per heavy atom. The van der Waals surface area contributed by atoms with Gasteiger partial charge in [0.2, 0.25) is 0 Å². The summed E-state index contributed by atoms with van der Waals surface area (Å²) in [7, 11) is 0. The topological polar surface area (TPSA) is 61.8 Å². The fourth-order valence-electron chi connectivity index (χ4n) is 7.72. The minimum Gasteiger partial charge on any atom is -0.462 e. The van der Waals surface area contributed by atoms with Crippen LogP contribution in [0.1, 0.15) is 265 Å². The minimum absolute atomic E-state index is 0.0693. The van der Waals surface area contributed by atoms with Gasteiger partial charge in [0, 0.05) is 19.4 Å². The van der Waals surface area contributed by atoms with Gasteiger partial charge in [0.15, 0.2) is 6.10 Å². The molecule has 0 saturated heterocycles. The molecule has 5 heteroatoms. The number of allylic oxidation sites excluding steroid dienone is 12. The number of rotatable bonds is 50. The van der Waals surface area contributed by atoms with Crippen molar-refractivity contribution in [1.29, 1.82) is 0 Å². The zero-order chi connectivity index (χ0) is 46.3. The Morgan fingerprint density at radius 2 is 0.703 bits per heavy atom. The first kappa shape index (κ1) is 61.3. The highest BCUT2D eigenvalue weighted by molar-refractivity contribution is 5.70. The Morgan fingerprint density at radius 1 is 0.359 bits per heavy atom. The molecule has 370 valence electrons. The van der Waals surface area contributed by atoms with E-state index in [1.807, 2.05) is 0 Å². The van der Waals surface area contributed by atoms with E-state index >= 15 is 0 Å². The van der Waals surface area contributed by atoms with Crippen LogP contribution >= 0.6 is 0 Å². The van der Waals surface area contributed by atoms with Gasteiger partial charge in [-0.1, -0.05) is 241 Å². The van der Waals surface area contributed by atoms with Crippen LogP contribution in [-0.2, 0) is 23.8 Å². The Labute approximate surface area is 397 Å². The zero-order valence-corrected chi connectivity index (χ0v) is 42.5. The van der Waals surface area contributed by atoms with Gasteiger partial charge in [0.05, 0.1) is 6.61 Å². The molecule has 0 aliphatic carbocycles. The number of esters is 2. The summed E-state index contributed by atoms with van der Waals surface area (Å²) in [6.45, 7) is 7.57. The molecule has 0 fully saturated rings. The van der Waals surface area contributed by atoms with Gasteiger partial charge in [-0.15, -0.1) is 0 Å². The number of hydrogen-bond acceptors (Lipinski definition) is 5. The molecule has 0 bridgehead atoms. The van der Waals surface area contributed by atoms with E-state index in [-0.39, 0.29) is 25.2 Å². The lowest BCUT2D eigenvalue weighted by Crippen LogP contribution is -2.30. The van der Waals surface area contributed by atoms with Crippen LogP contribution < -0.4 is 0 Å². The quantitative estimate of drug-likeness (QED) is 0.0346. The van der Waals surface area contributed by atoms with Crippen molar-refractivity contribution < 1.29 is 23.8 Å². The lowest BCUT2D eigenvalue weighted by molar-refractivity contribution is -0.163. The molecule has 0 aromatic heterocycles. The summed E-state index contributed by atoms with van der Waals surface area (Å²) in [6.07, 6.45) is 70.7. The molecular weight excluding hydrogens is 789 g/mol. The molecule has 0 aromatic carbocycles. The SMILES string of the molecule is CC/C=C\C/C=C\C/C=C\CCCCCCCC(=O)OC(COCCCCCC/C=C\C/C=C\C/C=C\CC)COC(=O)CCCCCCCCCCCCCCCCCCCCC. The second-order valence-corrected chi connectivity index (χ2v) is 18.1. The first-order chi connectivity index (χ1) is 31.6. The van der Waals surface area contributed by atoms with Gasteiger partial charge >= 0.3 is 11.9 Å². The fourth-order valence-corrected chi connectivity index (χ4v) is 7.72. The van der Waals surface area contributed by atoms with Crippen molar-refractivity contribution in [3.8, 4) is 0 Å². The molecule has 0 saturated carbocycles. The van der Waals surface area contributed by atoms with Crippen LogP contribution in [0.3, 0.4) is 0 Å². The van der Waals surface area contributed by atoms with E-state index in [1.54, 1.807) is 0 Å². The second-order valence-electron chi connectivity index (χ2n) is 18.1. The molecule has 0 rings (SSSR count). The smallest absolute Gasteiger partial charge is 0.306 e. The third-order valence-corrected chi connectivity index (χ3v) is 11.7. The summed E-state index contributed by atoms with van der Waals surface area (Å²) in [5.41, 5.74) is 0. The van der Waals surface area contributed by atoms with Crippen molar-refractivity contribution >= 4 is 11.9 Å².